The van der Waals surface area contributed by atoms with Gasteiger partial charge in [0.2, 0.25) is 6.10 Å². The fourth-order valence-electron chi connectivity index (χ4n) is 4.14. The highest BCUT2D eigenvalue weighted by Crippen LogP contribution is 2.59. The molecule has 0 spiro atoms. The van der Waals surface area contributed by atoms with Crippen LogP contribution in [0.25, 0.3) is 0 Å². The zero-order chi connectivity index (χ0) is 25.3. The zero-order valence-corrected chi connectivity index (χ0v) is 20.6. The molecule has 1 fully saturated rings. The molecule has 0 amide bonds. The first-order valence-electron chi connectivity index (χ1n) is 12.1. The Morgan fingerprint density at radius 3 is 2.51 bits per heavy atom. The molecule has 3 rings (SSSR count). The second-order valence-electron chi connectivity index (χ2n) is 9.35. The Balaban J connectivity index is 1.56. The Hall–Kier alpha value is -3.59. The molecule has 0 saturated heterocycles. The third-order valence-electron chi connectivity index (χ3n) is 6.34. The number of esters is 2. The number of carbonyl (C=O) groups excluding carboxylic acids is 2. The van der Waals surface area contributed by atoms with Gasteiger partial charge < -0.3 is 14.2 Å². The molecule has 184 valence electrons. The van der Waals surface area contributed by atoms with E-state index in [1.165, 1.54) is 6.08 Å². The van der Waals surface area contributed by atoms with E-state index in [1.54, 1.807) is 30.3 Å². The largest absolute Gasteiger partial charge is 0.463 e. The van der Waals surface area contributed by atoms with Crippen LogP contribution in [0, 0.1) is 28.6 Å². The number of nitrogens with zero attached hydrogens (tertiary/aromatic N) is 1. The zero-order valence-electron chi connectivity index (χ0n) is 20.6. The summed E-state index contributed by atoms with van der Waals surface area (Å²) in [5, 5.41) is 9.68. The van der Waals surface area contributed by atoms with Crippen LogP contribution in [0.1, 0.15) is 58.1 Å². The molecule has 1 aliphatic rings. The second kappa shape index (κ2) is 12.2. The summed E-state index contributed by atoms with van der Waals surface area (Å²) in [6, 6.07) is 18.3. The molecule has 0 bridgehead atoms. The smallest absolute Gasteiger partial charge is 0.330 e. The summed E-state index contributed by atoms with van der Waals surface area (Å²) in [7, 11) is 0. The van der Waals surface area contributed by atoms with Crippen molar-refractivity contribution in [3.8, 4) is 17.6 Å². The van der Waals surface area contributed by atoms with Crippen molar-refractivity contribution in [3.05, 3.63) is 72.3 Å². The van der Waals surface area contributed by atoms with E-state index in [1.807, 2.05) is 44.2 Å². The molecule has 0 N–H and O–H groups in total. The van der Waals surface area contributed by atoms with Gasteiger partial charge in [-0.1, -0.05) is 76.4 Å². The average molecular weight is 476 g/mol. The molecule has 3 atom stereocenters. The van der Waals surface area contributed by atoms with Gasteiger partial charge in [-0.3, -0.25) is 4.79 Å². The number of nitriles is 1. The molecule has 0 unspecified atom stereocenters. The van der Waals surface area contributed by atoms with E-state index in [0.717, 1.165) is 25.7 Å². The van der Waals surface area contributed by atoms with Gasteiger partial charge in [0.05, 0.1) is 12.5 Å². The van der Waals surface area contributed by atoms with E-state index in [2.05, 4.69) is 13.0 Å². The number of hydrogen-bond acceptors (Lipinski definition) is 6. The summed E-state index contributed by atoms with van der Waals surface area (Å²) in [6.07, 6.45) is 6.20. The Bertz CT molecular complexity index is 1070. The number of hydrogen-bond donors (Lipinski definition) is 0. The van der Waals surface area contributed by atoms with E-state index in [9.17, 15) is 14.9 Å². The summed E-state index contributed by atoms with van der Waals surface area (Å²) < 4.78 is 16.6. The highest BCUT2D eigenvalue weighted by Gasteiger charge is 2.61. The Kier molecular flexibility index (Phi) is 9.08. The van der Waals surface area contributed by atoms with E-state index in [-0.39, 0.29) is 11.3 Å². The summed E-state index contributed by atoms with van der Waals surface area (Å²) in [4.78, 5) is 24.9. The summed E-state index contributed by atoms with van der Waals surface area (Å²) >= 11 is 0. The first-order chi connectivity index (χ1) is 16.9. The van der Waals surface area contributed by atoms with Gasteiger partial charge >= 0.3 is 11.9 Å². The lowest BCUT2D eigenvalue weighted by molar-refractivity contribution is -0.149. The quantitative estimate of drug-likeness (QED) is 0.197. The Morgan fingerprint density at radius 2 is 1.80 bits per heavy atom. The van der Waals surface area contributed by atoms with E-state index >= 15 is 0 Å². The first kappa shape index (κ1) is 26.0. The number of unbranched alkanes of at least 4 members (excludes halogenated alkanes) is 3. The molecule has 0 heterocycles. The number of carbonyl (C=O) groups is 2. The molecule has 0 radical (unpaired) electrons. The average Bonchev–Trinajstić information content (AvgIpc) is 3.41. The Labute approximate surface area is 207 Å². The molecule has 1 aliphatic carbocycles. The molecular weight excluding hydrogens is 442 g/mol. The van der Waals surface area contributed by atoms with Gasteiger partial charge in [0.1, 0.15) is 17.6 Å². The van der Waals surface area contributed by atoms with Crippen LogP contribution in [0.2, 0.25) is 0 Å². The first-order valence-corrected chi connectivity index (χ1v) is 12.1. The van der Waals surface area contributed by atoms with Gasteiger partial charge in [-0.05, 0) is 42.0 Å². The molecule has 0 aliphatic heterocycles. The van der Waals surface area contributed by atoms with Crippen LogP contribution in [0.3, 0.4) is 0 Å². The number of para-hydroxylation sites is 1. The summed E-state index contributed by atoms with van der Waals surface area (Å²) in [5.41, 5.74) is 0.166. The maximum atomic E-state index is 12.9. The van der Waals surface area contributed by atoms with Gasteiger partial charge in [-0.25, -0.2) is 4.79 Å². The van der Waals surface area contributed by atoms with Crippen LogP contribution in [-0.2, 0) is 19.1 Å². The topological polar surface area (TPSA) is 85.6 Å². The van der Waals surface area contributed by atoms with E-state index < -0.39 is 24.0 Å². The minimum atomic E-state index is -1.06. The molecule has 6 heteroatoms. The number of benzene rings is 2. The van der Waals surface area contributed by atoms with Gasteiger partial charge in [0.25, 0.3) is 0 Å². The molecule has 1 saturated carbocycles. The predicted octanol–water partition coefficient (Wildman–Crippen LogP) is 6.54. The van der Waals surface area contributed by atoms with Crippen molar-refractivity contribution >= 4 is 11.9 Å². The van der Waals surface area contributed by atoms with Gasteiger partial charge in [-0.15, -0.1) is 0 Å². The van der Waals surface area contributed by atoms with Crippen LogP contribution in [0.5, 0.6) is 11.5 Å². The standard InChI is InChI=1S/C29H33NO5/c1-4-5-6-10-18-33-26(31)17-16-24-27(29(24,2)3)28(32)35-25(20-30)21-12-11-15-23(19-21)34-22-13-8-7-9-14-22/h7-9,11-17,19,24-25,27H,4-6,10,18H2,1-3H3/t24-,25+,27-/m0/s1. The van der Waals surface area contributed by atoms with Crippen molar-refractivity contribution in [1.82, 2.24) is 0 Å². The van der Waals surface area contributed by atoms with Crippen molar-refractivity contribution in [2.45, 2.75) is 52.6 Å². The normalized spacial score (nSPS) is 18.9. The van der Waals surface area contributed by atoms with Crippen molar-refractivity contribution in [2.75, 3.05) is 6.61 Å². The number of ether oxygens (including phenoxy) is 3. The lowest BCUT2D eigenvalue weighted by atomic mass is 10.1. The third-order valence-corrected chi connectivity index (χ3v) is 6.34. The SMILES string of the molecule is CCCCCCOC(=O)C=C[C@H]1[C@@H](C(=O)O[C@H](C#N)c2cccc(Oc3ccccc3)c2)C1(C)C. The maximum Gasteiger partial charge on any atom is 0.330 e. The molecule has 35 heavy (non-hydrogen) atoms. The summed E-state index contributed by atoms with van der Waals surface area (Å²) in [5.74, 6) is -0.236. The van der Waals surface area contributed by atoms with Crippen LogP contribution >= 0.6 is 0 Å². The van der Waals surface area contributed by atoms with Crippen molar-refractivity contribution in [3.63, 3.8) is 0 Å². The Morgan fingerprint density at radius 1 is 1.06 bits per heavy atom. The lowest BCUT2D eigenvalue weighted by Crippen LogP contribution is -2.14. The van der Waals surface area contributed by atoms with Crippen LogP contribution in [-0.4, -0.2) is 18.5 Å². The highest BCUT2D eigenvalue weighted by atomic mass is 16.5. The predicted molar refractivity (Wildman–Crippen MR) is 132 cm³/mol. The molecule has 0 aromatic heterocycles. The summed E-state index contributed by atoms with van der Waals surface area (Å²) in [6.45, 7) is 6.42. The molecule has 2 aromatic rings. The van der Waals surface area contributed by atoms with Crippen molar-refractivity contribution in [2.24, 2.45) is 17.3 Å². The number of rotatable bonds is 12. The highest BCUT2D eigenvalue weighted by molar-refractivity contribution is 5.83. The minimum Gasteiger partial charge on any atom is -0.463 e. The van der Waals surface area contributed by atoms with Gasteiger partial charge in [0.15, 0.2) is 0 Å². The van der Waals surface area contributed by atoms with E-state index in [0.29, 0.717) is 23.7 Å². The van der Waals surface area contributed by atoms with Crippen LogP contribution < -0.4 is 4.74 Å². The van der Waals surface area contributed by atoms with E-state index in [4.69, 9.17) is 14.2 Å². The van der Waals surface area contributed by atoms with Crippen LogP contribution in [0.4, 0.5) is 0 Å². The molecule has 6 nitrogen and oxygen atoms in total. The lowest BCUT2D eigenvalue weighted by Gasteiger charge is -2.13. The monoisotopic (exact) mass is 475 g/mol. The van der Waals surface area contributed by atoms with Crippen molar-refractivity contribution < 1.29 is 23.8 Å². The molecule has 2 aromatic carbocycles. The molecular formula is C29H33NO5. The third kappa shape index (κ3) is 7.19. The van der Waals surface area contributed by atoms with Crippen LogP contribution in [0.15, 0.2) is 66.7 Å². The fourth-order valence-corrected chi connectivity index (χ4v) is 4.14. The van der Waals surface area contributed by atoms with Crippen molar-refractivity contribution in [1.29, 1.82) is 5.26 Å². The second-order valence-corrected chi connectivity index (χ2v) is 9.35. The minimum absolute atomic E-state index is 0.158. The number of allylic oxidation sites excluding steroid dienone is 1. The maximum absolute atomic E-state index is 12.9. The van der Waals surface area contributed by atoms with Gasteiger partial charge in [0, 0.05) is 11.6 Å². The fraction of sp³-hybridized carbons (Fsp3) is 0.414. The van der Waals surface area contributed by atoms with Gasteiger partial charge in [-0.2, -0.15) is 5.26 Å².